The van der Waals surface area contributed by atoms with Gasteiger partial charge in [0.1, 0.15) is 10.0 Å². The smallest absolute Gasteiger partial charge is 0.148 e. The topological polar surface area (TPSA) is 34.0 Å². The lowest BCUT2D eigenvalue weighted by Gasteiger charge is -2.33. The molecule has 0 saturated carbocycles. The van der Waals surface area contributed by atoms with Crippen molar-refractivity contribution in [1.29, 1.82) is 0 Å². The number of hydrogen-bond donors (Lipinski definition) is 0. The molecule has 0 unspecified atom stereocenters. The predicted octanol–water partition coefficient (Wildman–Crippen LogP) is 14.4. The van der Waals surface area contributed by atoms with Gasteiger partial charge in [-0.1, -0.05) is 132 Å². The van der Waals surface area contributed by atoms with Crippen LogP contribution in [0, 0.1) is 0 Å². The van der Waals surface area contributed by atoms with Crippen LogP contribution in [0.25, 0.3) is 81.0 Å². The van der Waals surface area contributed by atoms with Crippen LogP contribution in [0.1, 0.15) is 0 Å². The van der Waals surface area contributed by atoms with Crippen molar-refractivity contribution in [2.45, 2.75) is 9.79 Å². The van der Waals surface area contributed by atoms with E-state index in [1.807, 2.05) is 30.0 Å². The highest BCUT2D eigenvalue weighted by Gasteiger charge is 2.28. The first kappa shape index (κ1) is 31.6. The summed E-state index contributed by atoms with van der Waals surface area (Å²) in [5.41, 5.74) is 9.09. The Bertz CT molecular complexity index is 3330. The average molecular weight is 751 g/mol. The molecular weight excluding hydrogens is 721 g/mol. The second kappa shape index (κ2) is 12.4. The number of para-hydroxylation sites is 2. The Hall–Kier alpha value is -6.73. The molecule has 0 amide bonds. The molecule has 3 heterocycles. The third-order valence-corrected chi connectivity index (χ3v) is 13.2. The highest BCUT2D eigenvalue weighted by molar-refractivity contribution is 7.99. The van der Waals surface area contributed by atoms with Crippen LogP contribution in [0.4, 0.5) is 17.1 Å². The number of fused-ring (bicyclic) bond motifs is 11. The average Bonchev–Trinajstić information content (AvgIpc) is 3.88. The Kier molecular flexibility index (Phi) is 7.00. The summed E-state index contributed by atoms with van der Waals surface area (Å²) in [4.78, 5) is 4.88. The molecule has 6 heteroatoms. The summed E-state index contributed by atoms with van der Waals surface area (Å²) in [6, 6.07) is 66.0. The molecule has 1 aliphatic heterocycles. The Morgan fingerprint density at radius 3 is 1.59 bits per heavy atom. The molecule has 0 atom stereocenters. The Morgan fingerprint density at radius 1 is 0.357 bits per heavy atom. The molecule has 0 radical (unpaired) electrons. The third-order valence-electron chi connectivity index (χ3n) is 11.1. The Morgan fingerprint density at radius 2 is 0.893 bits per heavy atom. The van der Waals surface area contributed by atoms with Crippen molar-refractivity contribution in [1.82, 2.24) is 14.8 Å². The summed E-state index contributed by atoms with van der Waals surface area (Å²) >= 11 is 3.47. The maximum atomic E-state index is 4.57. The van der Waals surface area contributed by atoms with Crippen LogP contribution >= 0.6 is 23.1 Å². The van der Waals surface area contributed by atoms with Gasteiger partial charge in [0.25, 0.3) is 0 Å². The minimum absolute atomic E-state index is 0.910. The lowest BCUT2D eigenvalue weighted by molar-refractivity contribution is 1.10. The summed E-state index contributed by atoms with van der Waals surface area (Å²) in [7, 11) is 0. The van der Waals surface area contributed by atoms with Crippen LogP contribution in [0.3, 0.4) is 0 Å². The van der Waals surface area contributed by atoms with E-state index in [-0.39, 0.29) is 0 Å². The van der Waals surface area contributed by atoms with E-state index in [9.17, 15) is 0 Å². The van der Waals surface area contributed by atoms with Crippen LogP contribution < -0.4 is 4.90 Å². The standard InChI is InChI=1S/C50H30N4S2/c1-3-13-31(14-4-1)49-51-52-50(56-49)32-23-25-34(26-24-32)53-43-21-11-12-22-47(43)55-48-29-42-41-27-39-37-19-9-7-17-35(37)36-18-8-10-20-38(36)40(39)28-44(41)54(45(42)30-46(48)53)33-15-5-2-6-16-33/h1-30H. The molecule has 11 aromatic rings. The lowest BCUT2D eigenvalue weighted by Crippen LogP contribution is -2.15. The van der Waals surface area contributed by atoms with E-state index in [4.69, 9.17) is 0 Å². The second-order valence-electron chi connectivity index (χ2n) is 14.2. The molecule has 12 rings (SSSR count). The van der Waals surface area contributed by atoms with Crippen molar-refractivity contribution in [2.75, 3.05) is 4.90 Å². The number of anilines is 3. The molecule has 0 spiro atoms. The molecule has 0 bridgehead atoms. The zero-order valence-corrected chi connectivity index (χ0v) is 31.6. The van der Waals surface area contributed by atoms with Gasteiger partial charge in [0.15, 0.2) is 0 Å². The fourth-order valence-corrected chi connectivity index (χ4v) is 10.5. The van der Waals surface area contributed by atoms with Gasteiger partial charge in [0.2, 0.25) is 0 Å². The maximum absolute atomic E-state index is 4.57. The number of benzene rings is 9. The van der Waals surface area contributed by atoms with E-state index in [2.05, 4.69) is 183 Å². The van der Waals surface area contributed by atoms with E-state index < -0.39 is 0 Å². The Balaban J connectivity index is 1.09. The van der Waals surface area contributed by atoms with E-state index in [1.165, 1.54) is 69.6 Å². The van der Waals surface area contributed by atoms with Crippen LogP contribution in [-0.4, -0.2) is 14.8 Å². The molecule has 262 valence electrons. The zero-order chi connectivity index (χ0) is 36.7. The molecule has 2 aromatic heterocycles. The van der Waals surface area contributed by atoms with Crippen molar-refractivity contribution in [3.63, 3.8) is 0 Å². The van der Waals surface area contributed by atoms with Crippen molar-refractivity contribution < 1.29 is 0 Å². The third kappa shape index (κ3) is 4.80. The second-order valence-corrected chi connectivity index (χ2v) is 16.3. The first-order valence-electron chi connectivity index (χ1n) is 18.7. The van der Waals surface area contributed by atoms with Gasteiger partial charge >= 0.3 is 0 Å². The summed E-state index contributed by atoms with van der Waals surface area (Å²) in [6.45, 7) is 0. The summed E-state index contributed by atoms with van der Waals surface area (Å²) in [5, 5.41) is 21.1. The van der Waals surface area contributed by atoms with Crippen molar-refractivity contribution in [2.24, 2.45) is 0 Å². The number of rotatable bonds is 4. The molecule has 0 saturated heterocycles. The molecular formula is C50H30N4S2. The summed E-state index contributed by atoms with van der Waals surface area (Å²) < 4.78 is 2.46. The van der Waals surface area contributed by atoms with Gasteiger partial charge in [0.05, 0.1) is 22.4 Å². The highest BCUT2D eigenvalue weighted by atomic mass is 32.2. The monoisotopic (exact) mass is 750 g/mol. The van der Waals surface area contributed by atoms with Crippen LogP contribution in [0.15, 0.2) is 192 Å². The predicted molar refractivity (Wildman–Crippen MR) is 236 cm³/mol. The normalized spacial score (nSPS) is 12.5. The highest BCUT2D eigenvalue weighted by Crippen LogP contribution is 2.54. The lowest BCUT2D eigenvalue weighted by atomic mass is 9.93. The van der Waals surface area contributed by atoms with E-state index >= 15 is 0 Å². The van der Waals surface area contributed by atoms with Gasteiger partial charge < -0.3 is 9.47 Å². The molecule has 9 aromatic carbocycles. The maximum Gasteiger partial charge on any atom is 0.148 e. The van der Waals surface area contributed by atoms with Crippen molar-refractivity contribution >= 4 is 94.3 Å². The molecule has 0 fully saturated rings. The quantitative estimate of drug-likeness (QED) is 0.168. The summed E-state index contributed by atoms with van der Waals surface area (Å²) in [5.74, 6) is 0. The zero-order valence-electron chi connectivity index (χ0n) is 29.9. The van der Waals surface area contributed by atoms with Crippen LogP contribution in [0.5, 0.6) is 0 Å². The van der Waals surface area contributed by atoms with Gasteiger partial charge in [-0.05, 0) is 105 Å². The number of nitrogens with zero attached hydrogens (tertiary/aromatic N) is 4. The van der Waals surface area contributed by atoms with Gasteiger partial charge in [-0.3, -0.25) is 0 Å². The SMILES string of the molecule is c1ccc(-c2nnc(-c3ccc(N4c5ccccc5Sc5cc6c7cc8c9ccccc9c9ccccc9c8cc7n(-c7ccccc7)c6cc54)cc3)s2)cc1. The van der Waals surface area contributed by atoms with Gasteiger partial charge in [-0.2, -0.15) is 0 Å². The van der Waals surface area contributed by atoms with Gasteiger partial charge in [-0.15, -0.1) is 10.2 Å². The summed E-state index contributed by atoms with van der Waals surface area (Å²) in [6.07, 6.45) is 0. The molecule has 1 aliphatic rings. The molecule has 56 heavy (non-hydrogen) atoms. The molecule has 0 N–H and O–H groups in total. The first-order valence-corrected chi connectivity index (χ1v) is 20.4. The van der Waals surface area contributed by atoms with E-state index in [1.54, 1.807) is 11.3 Å². The molecule has 0 aliphatic carbocycles. The van der Waals surface area contributed by atoms with Crippen LogP contribution in [-0.2, 0) is 0 Å². The number of hydrogen-bond acceptors (Lipinski definition) is 5. The molecule has 4 nitrogen and oxygen atoms in total. The first-order chi connectivity index (χ1) is 27.8. The van der Waals surface area contributed by atoms with E-state index in [0.717, 1.165) is 38.2 Å². The van der Waals surface area contributed by atoms with E-state index in [0.29, 0.717) is 0 Å². The van der Waals surface area contributed by atoms with Crippen LogP contribution in [0.2, 0.25) is 0 Å². The fraction of sp³-hybridized carbons (Fsp3) is 0. The Labute approximate surface area is 330 Å². The minimum Gasteiger partial charge on any atom is -0.309 e. The number of aromatic nitrogens is 3. The van der Waals surface area contributed by atoms with Gasteiger partial charge in [-0.25, -0.2) is 0 Å². The fourth-order valence-electron chi connectivity index (χ4n) is 8.58. The largest absolute Gasteiger partial charge is 0.309 e. The van der Waals surface area contributed by atoms with Crippen molar-refractivity contribution in [3.05, 3.63) is 182 Å². The minimum atomic E-state index is 0.910. The van der Waals surface area contributed by atoms with Gasteiger partial charge in [0, 0.05) is 43.1 Å². The van der Waals surface area contributed by atoms with Crippen molar-refractivity contribution in [3.8, 4) is 26.8 Å².